The molecule has 0 spiro atoms. The largest absolute Gasteiger partial charge is 0.447 e. The number of hydrogen-bond acceptors (Lipinski definition) is 4. The van der Waals surface area contributed by atoms with Gasteiger partial charge in [-0.15, -0.1) is 0 Å². The third kappa shape index (κ3) is 3.39. The number of aryl methyl sites for hydroxylation is 1. The third-order valence-electron chi connectivity index (χ3n) is 3.95. The zero-order valence-electron chi connectivity index (χ0n) is 14.2. The molecule has 5 nitrogen and oxygen atoms in total. The molecule has 3 rings (SSSR count). The van der Waals surface area contributed by atoms with Crippen LogP contribution in [0.4, 0.5) is 10.1 Å². The summed E-state index contributed by atoms with van der Waals surface area (Å²) < 4.78 is 18.2. The second kappa shape index (κ2) is 6.92. The number of ether oxygens (including phenoxy) is 1. The van der Waals surface area contributed by atoms with E-state index in [0.717, 1.165) is 10.5 Å². The minimum absolute atomic E-state index is 0.0254. The zero-order chi connectivity index (χ0) is 18.8. The Hall–Kier alpha value is -3.28. The lowest BCUT2D eigenvalue weighted by Crippen LogP contribution is -2.33. The van der Waals surface area contributed by atoms with Crippen LogP contribution in [0.5, 0.6) is 0 Å². The van der Waals surface area contributed by atoms with E-state index in [1.54, 1.807) is 24.3 Å². The van der Waals surface area contributed by atoms with E-state index in [-0.39, 0.29) is 5.57 Å². The molecule has 1 unspecified atom stereocenters. The van der Waals surface area contributed by atoms with Crippen molar-refractivity contribution in [2.24, 2.45) is 0 Å². The highest BCUT2D eigenvalue weighted by Gasteiger charge is 2.46. The monoisotopic (exact) mass is 353 g/mol. The number of benzene rings is 2. The lowest BCUT2D eigenvalue weighted by molar-refractivity contribution is -0.149. The predicted octanol–water partition coefficient (Wildman–Crippen LogP) is 3.02. The molecule has 2 amide bonds. The molecule has 0 saturated carbocycles. The van der Waals surface area contributed by atoms with Crippen LogP contribution >= 0.6 is 0 Å². The highest BCUT2D eigenvalue weighted by molar-refractivity contribution is 6.32. The molecule has 0 bridgehead atoms. The summed E-state index contributed by atoms with van der Waals surface area (Å²) in [4.78, 5) is 37.9. The smallest absolute Gasteiger partial charge is 0.303 e. The number of imide groups is 1. The second-order valence-corrected chi connectivity index (χ2v) is 5.96. The summed E-state index contributed by atoms with van der Waals surface area (Å²) in [5, 5.41) is 0. The standard InChI is InChI=1S/C20H16FNO4/c1-12-3-9-16(10-4-12)22-19(24)17(18(20(22)25)26-13(2)23)11-14-5-7-15(21)8-6-14/h3-11,18H,1-2H3/b17-11+. The lowest BCUT2D eigenvalue weighted by atomic mass is 10.1. The molecule has 1 fully saturated rings. The number of carbonyl (C=O) groups is 3. The van der Waals surface area contributed by atoms with Crippen LogP contribution in [0.1, 0.15) is 18.1 Å². The summed E-state index contributed by atoms with van der Waals surface area (Å²) in [6, 6.07) is 12.3. The van der Waals surface area contributed by atoms with Crippen molar-refractivity contribution in [1.82, 2.24) is 0 Å². The van der Waals surface area contributed by atoms with Gasteiger partial charge in [-0.1, -0.05) is 29.8 Å². The molecular weight excluding hydrogens is 337 g/mol. The van der Waals surface area contributed by atoms with Crippen LogP contribution < -0.4 is 4.90 Å². The Labute approximate surface area is 149 Å². The van der Waals surface area contributed by atoms with Crippen LogP contribution in [0.3, 0.4) is 0 Å². The lowest BCUT2D eigenvalue weighted by Gasteiger charge is -2.14. The predicted molar refractivity (Wildman–Crippen MR) is 93.6 cm³/mol. The van der Waals surface area contributed by atoms with Crippen LogP contribution in [-0.4, -0.2) is 23.9 Å². The summed E-state index contributed by atoms with van der Waals surface area (Å²) >= 11 is 0. The van der Waals surface area contributed by atoms with Crippen molar-refractivity contribution < 1.29 is 23.5 Å². The SMILES string of the molecule is CC(=O)OC1C(=O)N(c2ccc(C)cc2)C(=O)/C1=C/c1ccc(F)cc1. The van der Waals surface area contributed by atoms with Gasteiger partial charge in [0.15, 0.2) is 0 Å². The Morgan fingerprint density at radius 3 is 2.27 bits per heavy atom. The molecule has 1 heterocycles. The molecule has 132 valence electrons. The normalized spacial score (nSPS) is 18.5. The van der Waals surface area contributed by atoms with Gasteiger partial charge in [-0.3, -0.25) is 14.4 Å². The quantitative estimate of drug-likeness (QED) is 0.483. The Morgan fingerprint density at radius 2 is 1.69 bits per heavy atom. The average molecular weight is 353 g/mol. The van der Waals surface area contributed by atoms with Gasteiger partial charge in [-0.2, -0.15) is 0 Å². The summed E-state index contributed by atoms with van der Waals surface area (Å²) in [7, 11) is 0. The van der Waals surface area contributed by atoms with Crippen molar-refractivity contribution in [2.75, 3.05) is 4.90 Å². The number of anilines is 1. The van der Waals surface area contributed by atoms with Gasteiger partial charge >= 0.3 is 5.97 Å². The molecule has 2 aromatic carbocycles. The average Bonchev–Trinajstić information content (AvgIpc) is 2.81. The fourth-order valence-corrected chi connectivity index (χ4v) is 2.69. The minimum atomic E-state index is -1.33. The number of esters is 1. The van der Waals surface area contributed by atoms with Crippen LogP contribution in [0.25, 0.3) is 6.08 Å². The summed E-state index contributed by atoms with van der Waals surface area (Å²) in [6.45, 7) is 3.06. The molecule has 0 aromatic heterocycles. The molecule has 1 aliphatic heterocycles. The number of carbonyl (C=O) groups excluding carboxylic acids is 3. The summed E-state index contributed by atoms with van der Waals surface area (Å²) in [5.74, 6) is -2.30. The molecule has 2 aromatic rings. The molecule has 1 aliphatic rings. The van der Waals surface area contributed by atoms with Gasteiger partial charge in [0, 0.05) is 6.92 Å². The fraction of sp³-hybridized carbons (Fsp3) is 0.150. The highest BCUT2D eigenvalue weighted by atomic mass is 19.1. The van der Waals surface area contributed by atoms with E-state index >= 15 is 0 Å². The zero-order valence-corrected chi connectivity index (χ0v) is 14.2. The number of amides is 2. The maximum atomic E-state index is 13.1. The number of hydrogen-bond donors (Lipinski definition) is 0. The molecule has 26 heavy (non-hydrogen) atoms. The minimum Gasteiger partial charge on any atom is -0.447 e. The van der Waals surface area contributed by atoms with E-state index in [0.29, 0.717) is 11.3 Å². The van der Waals surface area contributed by atoms with E-state index in [1.165, 1.54) is 37.3 Å². The van der Waals surface area contributed by atoms with Gasteiger partial charge in [-0.25, -0.2) is 9.29 Å². The molecule has 0 N–H and O–H groups in total. The topological polar surface area (TPSA) is 63.7 Å². The van der Waals surface area contributed by atoms with Gasteiger partial charge in [0.05, 0.1) is 11.3 Å². The summed E-state index contributed by atoms with van der Waals surface area (Å²) in [6.07, 6.45) is 0.105. The van der Waals surface area contributed by atoms with Gasteiger partial charge < -0.3 is 4.74 Å². The number of nitrogens with zero attached hydrogens (tertiary/aromatic N) is 1. The van der Waals surface area contributed by atoms with Crippen LogP contribution in [0.2, 0.25) is 0 Å². The van der Waals surface area contributed by atoms with Crippen molar-refractivity contribution in [3.63, 3.8) is 0 Å². The van der Waals surface area contributed by atoms with E-state index in [9.17, 15) is 18.8 Å². The first kappa shape index (κ1) is 17.5. The first-order chi connectivity index (χ1) is 12.4. The Balaban J connectivity index is 2.04. The maximum Gasteiger partial charge on any atom is 0.303 e. The van der Waals surface area contributed by atoms with Crippen LogP contribution in [-0.2, 0) is 19.1 Å². The summed E-state index contributed by atoms with van der Waals surface area (Å²) in [5.41, 5.74) is 1.92. The van der Waals surface area contributed by atoms with Crippen molar-refractivity contribution in [2.45, 2.75) is 20.0 Å². The van der Waals surface area contributed by atoms with Crippen LogP contribution in [0.15, 0.2) is 54.1 Å². The maximum absolute atomic E-state index is 13.1. The van der Waals surface area contributed by atoms with Crippen molar-refractivity contribution in [1.29, 1.82) is 0 Å². The molecule has 6 heteroatoms. The molecule has 0 radical (unpaired) electrons. The molecule has 1 saturated heterocycles. The van der Waals surface area contributed by atoms with Gasteiger partial charge in [0.25, 0.3) is 11.8 Å². The van der Waals surface area contributed by atoms with E-state index < -0.39 is 29.7 Å². The highest BCUT2D eigenvalue weighted by Crippen LogP contribution is 2.30. The number of halogens is 1. The van der Waals surface area contributed by atoms with E-state index in [1.807, 2.05) is 6.92 Å². The van der Waals surface area contributed by atoms with Gasteiger partial charge in [-0.05, 0) is 42.8 Å². The molecule has 1 atom stereocenters. The van der Waals surface area contributed by atoms with E-state index in [4.69, 9.17) is 4.74 Å². The Morgan fingerprint density at radius 1 is 1.08 bits per heavy atom. The van der Waals surface area contributed by atoms with E-state index in [2.05, 4.69) is 0 Å². The first-order valence-corrected chi connectivity index (χ1v) is 7.96. The Bertz CT molecular complexity index is 900. The molecular formula is C20H16FNO4. The Kier molecular flexibility index (Phi) is 4.67. The van der Waals surface area contributed by atoms with Crippen molar-refractivity contribution in [3.05, 3.63) is 71.0 Å². The number of rotatable bonds is 3. The third-order valence-corrected chi connectivity index (χ3v) is 3.95. The van der Waals surface area contributed by atoms with Gasteiger partial charge in [0.2, 0.25) is 6.10 Å². The van der Waals surface area contributed by atoms with Crippen LogP contribution in [0, 0.1) is 12.7 Å². The van der Waals surface area contributed by atoms with Crippen molar-refractivity contribution >= 4 is 29.5 Å². The molecule has 0 aliphatic carbocycles. The van der Waals surface area contributed by atoms with Gasteiger partial charge in [0.1, 0.15) is 5.82 Å². The van der Waals surface area contributed by atoms with Crippen molar-refractivity contribution in [3.8, 4) is 0 Å². The fourth-order valence-electron chi connectivity index (χ4n) is 2.69. The first-order valence-electron chi connectivity index (χ1n) is 7.96. The second-order valence-electron chi connectivity index (χ2n) is 5.96.